The zero-order chi connectivity index (χ0) is 12.8. The van der Waals surface area contributed by atoms with Crippen LogP contribution in [-0.4, -0.2) is 38.6 Å². The highest BCUT2D eigenvalue weighted by Crippen LogP contribution is 2.20. The van der Waals surface area contributed by atoms with Gasteiger partial charge in [-0.1, -0.05) is 0 Å². The van der Waals surface area contributed by atoms with Crippen LogP contribution in [0.5, 0.6) is 0 Å². The average Bonchev–Trinajstić information content (AvgIpc) is 2.22. The lowest BCUT2D eigenvalue weighted by Gasteiger charge is -2.24. The van der Waals surface area contributed by atoms with Gasteiger partial charge in [0.1, 0.15) is 5.82 Å². The summed E-state index contributed by atoms with van der Waals surface area (Å²) in [6.07, 6.45) is 1.05. The summed E-state index contributed by atoms with van der Waals surface area (Å²) in [7, 11) is 4.10. The Balaban J connectivity index is 2.65. The quantitative estimate of drug-likeness (QED) is 0.772. The van der Waals surface area contributed by atoms with Gasteiger partial charge in [-0.25, -0.2) is 4.39 Å². The first-order valence-corrected chi connectivity index (χ1v) is 5.98. The molecular weight excluding hydrogens is 217 g/mol. The van der Waals surface area contributed by atoms with E-state index in [1.54, 1.807) is 0 Å². The predicted molar refractivity (Wildman–Crippen MR) is 71.9 cm³/mol. The fourth-order valence-electron chi connectivity index (χ4n) is 1.83. The molecule has 0 spiro atoms. The Kier molecular flexibility index (Phi) is 5.22. The number of hydrogen-bond acceptors (Lipinski definition) is 3. The molecule has 2 N–H and O–H groups in total. The third-order valence-corrected chi connectivity index (χ3v) is 2.69. The third-order valence-electron chi connectivity index (χ3n) is 2.69. The van der Waals surface area contributed by atoms with E-state index < -0.39 is 0 Å². The van der Waals surface area contributed by atoms with Crippen molar-refractivity contribution in [2.45, 2.75) is 13.3 Å². The van der Waals surface area contributed by atoms with E-state index in [4.69, 9.17) is 5.73 Å². The molecule has 0 aromatic heterocycles. The van der Waals surface area contributed by atoms with E-state index in [1.165, 1.54) is 12.1 Å². The molecule has 0 aliphatic carbocycles. The number of benzene rings is 1. The van der Waals surface area contributed by atoms with E-state index in [2.05, 4.69) is 30.8 Å². The van der Waals surface area contributed by atoms with Crippen LogP contribution in [0.4, 0.5) is 15.8 Å². The second kappa shape index (κ2) is 6.45. The van der Waals surface area contributed by atoms with Gasteiger partial charge in [0.05, 0.1) is 0 Å². The highest BCUT2D eigenvalue weighted by atomic mass is 19.1. The largest absolute Gasteiger partial charge is 0.399 e. The second-order valence-electron chi connectivity index (χ2n) is 4.48. The molecule has 0 fully saturated rings. The molecule has 0 atom stereocenters. The highest BCUT2D eigenvalue weighted by molar-refractivity contribution is 5.56. The topological polar surface area (TPSA) is 32.5 Å². The molecule has 96 valence electrons. The van der Waals surface area contributed by atoms with Crippen molar-refractivity contribution in [2.24, 2.45) is 0 Å². The van der Waals surface area contributed by atoms with Crippen LogP contribution >= 0.6 is 0 Å². The number of hydrogen-bond donors (Lipinski definition) is 1. The van der Waals surface area contributed by atoms with Crippen LogP contribution in [0.25, 0.3) is 0 Å². The van der Waals surface area contributed by atoms with Gasteiger partial charge in [-0.2, -0.15) is 0 Å². The minimum Gasteiger partial charge on any atom is -0.399 e. The van der Waals surface area contributed by atoms with Gasteiger partial charge in [0.15, 0.2) is 0 Å². The molecule has 0 radical (unpaired) electrons. The minimum absolute atomic E-state index is 0.272. The number of nitrogens with two attached hydrogens (primary N) is 1. The van der Waals surface area contributed by atoms with Crippen LogP contribution in [-0.2, 0) is 0 Å². The summed E-state index contributed by atoms with van der Waals surface area (Å²) in [6, 6.07) is 4.70. The van der Waals surface area contributed by atoms with Crippen LogP contribution in [0.2, 0.25) is 0 Å². The maximum atomic E-state index is 13.3. The number of nitrogens with zero attached hydrogens (tertiary/aromatic N) is 2. The van der Waals surface area contributed by atoms with Crippen LogP contribution in [0.3, 0.4) is 0 Å². The molecule has 0 heterocycles. The van der Waals surface area contributed by atoms with Gasteiger partial charge >= 0.3 is 0 Å². The molecule has 0 unspecified atom stereocenters. The van der Waals surface area contributed by atoms with Gasteiger partial charge in [-0.15, -0.1) is 0 Å². The summed E-state index contributed by atoms with van der Waals surface area (Å²) < 4.78 is 13.3. The van der Waals surface area contributed by atoms with E-state index in [1.807, 2.05) is 6.07 Å². The van der Waals surface area contributed by atoms with Gasteiger partial charge < -0.3 is 15.5 Å². The maximum Gasteiger partial charge on any atom is 0.127 e. The van der Waals surface area contributed by atoms with Crippen LogP contribution in [0.15, 0.2) is 18.2 Å². The number of rotatable bonds is 6. The van der Waals surface area contributed by atoms with E-state index in [0.29, 0.717) is 5.69 Å². The van der Waals surface area contributed by atoms with Gasteiger partial charge in [-0.3, -0.25) is 0 Å². The second-order valence-corrected chi connectivity index (χ2v) is 4.48. The fourth-order valence-corrected chi connectivity index (χ4v) is 1.83. The van der Waals surface area contributed by atoms with Crippen molar-refractivity contribution >= 4 is 11.4 Å². The number of anilines is 2. The average molecular weight is 239 g/mol. The summed E-state index contributed by atoms with van der Waals surface area (Å²) in [5, 5.41) is 0. The number of halogens is 1. The Morgan fingerprint density at radius 3 is 2.41 bits per heavy atom. The Bertz CT molecular complexity index is 332. The van der Waals surface area contributed by atoms with Crippen LogP contribution < -0.4 is 10.6 Å². The summed E-state index contributed by atoms with van der Waals surface area (Å²) in [6.45, 7) is 4.87. The normalized spacial score (nSPS) is 10.9. The molecule has 0 aliphatic heterocycles. The molecule has 1 aromatic carbocycles. The Hall–Kier alpha value is -1.29. The van der Waals surface area contributed by atoms with Gasteiger partial charge in [0, 0.05) is 24.5 Å². The van der Waals surface area contributed by atoms with Crippen LogP contribution in [0.1, 0.15) is 13.3 Å². The molecule has 0 amide bonds. The van der Waals surface area contributed by atoms with Crippen molar-refractivity contribution in [1.82, 2.24) is 4.90 Å². The Morgan fingerprint density at radius 1 is 1.18 bits per heavy atom. The Labute approximate surface area is 103 Å². The molecule has 0 aliphatic rings. The molecule has 1 rings (SSSR count). The molecule has 3 nitrogen and oxygen atoms in total. The molecule has 4 heteroatoms. The van der Waals surface area contributed by atoms with E-state index in [9.17, 15) is 4.39 Å². The van der Waals surface area contributed by atoms with E-state index in [0.717, 1.165) is 31.7 Å². The molecule has 0 bridgehead atoms. The van der Waals surface area contributed by atoms with Crippen molar-refractivity contribution in [3.05, 3.63) is 24.0 Å². The van der Waals surface area contributed by atoms with Crippen molar-refractivity contribution < 1.29 is 4.39 Å². The first-order chi connectivity index (χ1) is 8.02. The standard InChI is InChI=1S/C13H22FN3/c1-4-17(7-5-6-16(2)3)13-9-11(14)8-12(15)10-13/h8-10H,4-7,15H2,1-3H3. The highest BCUT2D eigenvalue weighted by Gasteiger charge is 2.06. The zero-order valence-corrected chi connectivity index (χ0v) is 10.9. The van der Waals surface area contributed by atoms with E-state index >= 15 is 0 Å². The summed E-state index contributed by atoms with van der Waals surface area (Å²) in [5.41, 5.74) is 7.00. The lowest BCUT2D eigenvalue weighted by atomic mass is 10.2. The molecule has 1 aromatic rings. The molecular formula is C13H22FN3. The third kappa shape index (κ3) is 4.61. The van der Waals surface area contributed by atoms with Gasteiger partial charge in [0.2, 0.25) is 0 Å². The lowest BCUT2D eigenvalue weighted by Crippen LogP contribution is -2.27. The molecule has 17 heavy (non-hydrogen) atoms. The first kappa shape index (κ1) is 13.8. The van der Waals surface area contributed by atoms with Crippen molar-refractivity contribution in [1.29, 1.82) is 0 Å². The summed E-state index contributed by atoms with van der Waals surface area (Å²) >= 11 is 0. The minimum atomic E-state index is -0.272. The first-order valence-electron chi connectivity index (χ1n) is 5.98. The monoisotopic (exact) mass is 239 g/mol. The summed E-state index contributed by atoms with van der Waals surface area (Å²) in [5.74, 6) is -0.272. The van der Waals surface area contributed by atoms with Crippen molar-refractivity contribution in [2.75, 3.05) is 44.4 Å². The molecule has 0 saturated carbocycles. The van der Waals surface area contributed by atoms with Gasteiger partial charge in [0.25, 0.3) is 0 Å². The SMILES string of the molecule is CCN(CCCN(C)C)c1cc(N)cc(F)c1. The number of nitrogen functional groups attached to an aromatic ring is 1. The summed E-state index contributed by atoms with van der Waals surface area (Å²) in [4.78, 5) is 4.29. The van der Waals surface area contributed by atoms with Crippen LogP contribution in [0, 0.1) is 5.82 Å². The Morgan fingerprint density at radius 2 is 1.88 bits per heavy atom. The zero-order valence-electron chi connectivity index (χ0n) is 10.9. The van der Waals surface area contributed by atoms with E-state index in [-0.39, 0.29) is 5.82 Å². The van der Waals surface area contributed by atoms with Crippen molar-refractivity contribution in [3.63, 3.8) is 0 Å². The van der Waals surface area contributed by atoms with Crippen molar-refractivity contribution in [3.8, 4) is 0 Å². The predicted octanol–water partition coefficient (Wildman–Crippen LogP) is 2.19. The fraction of sp³-hybridized carbons (Fsp3) is 0.538. The smallest absolute Gasteiger partial charge is 0.127 e. The maximum absolute atomic E-state index is 13.3. The molecule has 0 saturated heterocycles. The lowest BCUT2D eigenvalue weighted by molar-refractivity contribution is 0.400. The van der Waals surface area contributed by atoms with Gasteiger partial charge in [-0.05, 0) is 52.2 Å².